The lowest BCUT2D eigenvalue weighted by Gasteiger charge is -2.11. The zero-order chi connectivity index (χ0) is 16.8. The molecule has 0 amide bonds. The molecule has 1 aliphatic carbocycles. The van der Waals surface area contributed by atoms with Crippen molar-refractivity contribution in [3.8, 4) is 0 Å². The standard InChI is InChI=1S/C18H17N5OS/c24-16-15-13-8-4-5-9-14(13)25-17(15)23-18(19-20-21-23)22(16)11-10-12-6-2-1-3-7-12/h1-3,6-7H,4-5,8-11H2. The van der Waals surface area contributed by atoms with Crippen LogP contribution in [-0.2, 0) is 25.8 Å². The van der Waals surface area contributed by atoms with E-state index < -0.39 is 0 Å². The van der Waals surface area contributed by atoms with E-state index >= 15 is 0 Å². The predicted octanol–water partition coefficient (Wildman–Crippen LogP) is 2.62. The number of aromatic nitrogens is 5. The Balaban J connectivity index is 1.70. The van der Waals surface area contributed by atoms with Crippen molar-refractivity contribution in [2.75, 3.05) is 0 Å². The van der Waals surface area contributed by atoms with E-state index in [4.69, 9.17) is 0 Å². The van der Waals surface area contributed by atoms with Crippen LogP contribution in [0.2, 0.25) is 0 Å². The Labute approximate surface area is 147 Å². The molecule has 0 bridgehead atoms. The Bertz CT molecular complexity index is 1130. The number of rotatable bonds is 3. The molecule has 0 atom stereocenters. The molecule has 0 radical (unpaired) electrons. The van der Waals surface area contributed by atoms with Crippen molar-refractivity contribution in [1.82, 2.24) is 24.6 Å². The number of tetrazole rings is 1. The average Bonchev–Trinajstić information content (AvgIpc) is 3.27. The topological polar surface area (TPSA) is 65.1 Å². The largest absolute Gasteiger partial charge is 0.275 e. The molecule has 5 rings (SSSR count). The SMILES string of the molecule is O=c1c2c3c(sc2n2nnnc2n1CCc1ccccc1)CCCC3. The van der Waals surface area contributed by atoms with Gasteiger partial charge in [0.15, 0.2) is 0 Å². The van der Waals surface area contributed by atoms with Crippen LogP contribution in [0.3, 0.4) is 0 Å². The van der Waals surface area contributed by atoms with Gasteiger partial charge in [0.25, 0.3) is 11.3 Å². The summed E-state index contributed by atoms with van der Waals surface area (Å²) in [6, 6.07) is 10.2. The van der Waals surface area contributed by atoms with Crippen LogP contribution in [0.25, 0.3) is 16.0 Å². The van der Waals surface area contributed by atoms with Crippen molar-refractivity contribution in [3.05, 3.63) is 56.7 Å². The third-order valence-corrected chi connectivity index (χ3v) is 6.23. The van der Waals surface area contributed by atoms with E-state index in [1.807, 2.05) is 18.2 Å². The molecule has 7 heteroatoms. The van der Waals surface area contributed by atoms with E-state index in [-0.39, 0.29) is 5.56 Å². The zero-order valence-corrected chi connectivity index (χ0v) is 14.5. The molecule has 0 spiro atoms. The molecule has 25 heavy (non-hydrogen) atoms. The summed E-state index contributed by atoms with van der Waals surface area (Å²) < 4.78 is 3.47. The number of nitrogens with zero attached hydrogens (tertiary/aromatic N) is 5. The molecular formula is C18H17N5OS. The number of fused-ring (bicyclic) bond motifs is 5. The molecule has 6 nitrogen and oxygen atoms in total. The Kier molecular flexibility index (Phi) is 3.41. The van der Waals surface area contributed by atoms with Crippen LogP contribution in [0, 0.1) is 0 Å². The van der Waals surface area contributed by atoms with Crippen molar-refractivity contribution in [2.24, 2.45) is 0 Å². The van der Waals surface area contributed by atoms with Crippen LogP contribution in [0.1, 0.15) is 28.8 Å². The fraction of sp³-hybridized carbons (Fsp3) is 0.333. The fourth-order valence-electron chi connectivity index (χ4n) is 3.72. The second-order valence-corrected chi connectivity index (χ2v) is 7.56. The Morgan fingerprint density at radius 2 is 1.96 bits per heavy atom. The smallest absolute Gasteiger partial charge is 0.264 e. The quantitative estimate of drug-likeness (QED) is 0.569. The van der Waals surface area contributed by atoms with Crippen molar-refractivity contribution in [2.45, 2.75) is 38.6 Å². The third kappa shape index (κ3) is 2.30. The maximum absolute atomic E-state index is 13.3. The van der Waals surface area contributed by atoms with E-state index in [0.717, 1.165) is 35.9 Å². The van der Waals surface area contributed by atoms with Crippen LogP contribution >= 0.6 is 11.3 Å². The van der Waals surface area contributed by atoms with Crippen LogP contribution in [0.5, 0.6) is 0 Å². The summed E-state index contributed by atoms with van der Waals surface area (Å²) in [6.45, 7) is 0.577. The van der Waals surface area contributed by atoms with Crippen LogP contribution < -0.4 is 5.56 Å². The van der Waals surface area contributed by atoms with Crippen LogP contribution in [-0.4, -0.2) is 24.6 Å². The van der Waals surface area contributed by atoms with Crippen molar-refractivity contribution in [3.63, 3.8) is 0 Å². The van der Waals surface area contributed by atoms with E-state index in [1.54, 1.807) is 20.4 Å². The molecule has 1 aliphatic rings. The molecule has 0 unspecified atom stereocenters. The van der Waals surface area contributed by atoms with Gasteiger partial charge in [0, 0.05) is 11.4 Å². The summed E-state index contributed by atoms with van der Waals surface area (Å²) in [5.41, 5.74) is 2.47. The number of hydrogen-bond donors (Lipinski definition) is 0. The van der Waals surface area contributed by atoms with Gasteiger partial charge in [-0.1, -0.05) is 35.4 Å². The lowest BCUT2D eigenvalue weighted by molar-refractivity contribution is 0.672. The summed E-state index contributed by atoms with van der Waals surface area (Å²) in [5, 5.41) is 12.9. The Morgan fingerprint density at radius 1 is 1.12 bits per heavy atom. The first kappa shape index (κ1) is 14.8. The lowest BCUT2D eigenvalue weighted by Crippen LogP contribution is -2.24. The summed E-state index contributed by atoms with van der Waals surface area (Å²) in [6.07, 6.45) is 5.16. The monoisotopic (exact) mass is 351 g/mol. The average molecular weight is 351 g/mol. The van der Waals surface area contributed by atoms with Crippen molar-refractivity contribution < 1.29 is 0 Å². The number of hydrogen-bond acceptors (Lipinski definition) is 5. The molecule has 126 valence electrons. The van der Waals surface area contributed by atoms with Gasteiger partial charge in [-0.15, -0.1) is 11.3 Å². The summed E-state index contributed by atoms with van der Waals surface area (Å²) in [4.78, 5) is 15.5. The van der Waals surface area contributed by atoms with Gasteiger partial charge in [-0.25, -0.2) is 0 Å². The van der Waals surface area contributed by atoms with Crippen molar-refractivity contribution in [1.29, 1.82) is 0 Å². The first-order valence-electron chi connectivity index (χ1n) is 8.62. The lowest BCUT2D eigenvalue weighted by atomic mass is 9.97. The van der Waals surface area contributed by atoms with Gasteiger partial charge in [0.05, 0.1) is 5.39 Å². The van der Waals surface area contributed by atoms with E-state index in [1.165, 1.54) is 22.4 Å². The van der Waals surface area contributed by atoms with Crippen LogP contribution in [0.15, 0.2) is 35.1 Å². The van der Waals surface area contributed by atoms with E-state index in [2.05, 4.69) is 27.7 Å². The van der Waals surface area contributed by atoms with E-state index in [9.17, 15) is 4.79 Å². The molecule has 4 aromatic rings. The molecule has 0 N–H and O–H groups in total. The minimum absolute atomic E-state index is 0.0487. The molecule has 0 saturated carbocycles. The third-order valence-electron chi connectivity index (χ3n) is 4.97. The molecule has 0 fully saturated rings. The van der Waals surface area contributed by atoms with Gasteiger partial charge < -0.3 is 0 Å². The maximum atomic E-state index is 13.3. The zero-order valence-electron chi connectivity index (χ0n) is 13.7. The number of benzene rings is 1. The fourth-order valence-corrected chi connectivity index (χ4v) is 5.04. The second-order valence-electron chi connectivity index (χ2n) is 6.47. The summed E-state index contributed by atoms with van der Waals surface area (Å²) in [5.74, 6) is 0.534. The first-order chi connectivity index (χ1) is 12.3. The maximum Gasteiger partial charge on any atom is 0.264 e. The second kappa shape index (κ2) is 5.77. The highest BCUT2D eigenvalue weighted by molar-refractivity contribution is 7.18. The highest BCUT2D eigenvalue weighted by Gasteiger charge is 2.23. The van der Waals surface area contributed by atoms with Gasteiger partial charge in [-0.05, 0) is 53.7 Å². The van der Waals surface area contributed by atoms with Crippen molar-refractivity contribution >= 4 is 27.3 Å². The number of aryl methyl sites for hydroxylation is 4. The van der Waals surface area contributed by atoms with Gasteiger partial charge in [-0.2, -0.15) is 4.52 Å². The molecular weight excluding hydrogens is 334 g/mol. The number of thiophene rings is 1. The summed E-state index contributed by atoms with van der Waals surface area (Å²) >= 11 is 1.68. The van der Waals surface area contributed by atoms with Gasteiger partial charge >= 0.3 is 0 Å². The minimum Gasteiger partial charge on any atom is -0.275 e. The molecule has 3 aromatic heterocycles. The van der Waals surface area contributed by atoms with Gasteiger partial charge in [0.1, 0.15) is 4.83 Å². The highest BCUT2D eigenvalue weighted by atomic mass is 32.1. The Hall–Kier alpha value is -2.54. The first-order valence-corrected chi connectivity index (χ1v) is 9.43. The summed E-state index contributed by atoms with van der Waals surface area (Å²) in [7, 11) is 0. The normalized spacial score (nSPS) is 14.2. The van der Waals surface area contributed by atoms with E-state index in [0.29, 0.717) is 12.3 Å². The molecule has 3 heterocycles. The highest BCUT2D eigenvalue weighted by Crippen LogP contribution is 2.34. The Morgan fingerprint density at radius 3 is 2.84 bits per heavy atom. The van der Waals surface area contributed by atoms with Gasteiger partial charge in [-0.3, -0.25) is 9.36 Å². The molecule has 0 saturated heterocycles. The molecule has 1 aromatic carbocycles. The predicted molar refractivity (Wildman–Crippen MR) is 97.2 cm³/mol. The minimum atomic E-state index is 0.0487. The van der Waals surface area contributed by atoms with Gasteiger partial charge in [0.2, 0.25) is 0 Å². The van der Waals surface area contributed by atoms with Crippen LogP contribution in [0.4, 0.5) is 0 Å². The molecule has 0 aliphatic heterocycles.